The van der Waals surface area contributed by atoms with Crippen LogP contribution in [0.15, 0.2) is 23.0 Å². The van der Waals surface area contributed by atoms with Crippen LogP contribution in [0, 0.1) is 0 Å². The second-order valence-corrected chi connectivity index (χ2v) is 4.01. The molecule has 2 aromatic heterocycles. The Morgan fingerprint density at radius 2 is 2.35 bits per heavy atom. The van der Waals surface area contributed by atoms with Gasteiger partial charge in [0.25, 0.3) is 5.91 Å². The van der Waals surface area contributed by atoms with Crippen LogP contribution in [-0.2, 0) is 13.0 Å². The minimum Gasteiger partial charge on any atom is -0.472 e. The van der Waals surface area contributed by atoms with Gasteiger partial charge in [0.15, 0.2) is 0 Å². The van der Waals surface area contributed by atoms with Crippen LogP contribution in [0.3, 0.4) is 0 Å². The number of carbonyl (C=O) groups excluding carboxylic acids is 1. The molecule has 0 bridgehead atoms. The molecule has 0 unspecified atom stereocenters. The molecule has 88 valence electrons. The van der Waals surface area contributed by atoms with Crippen LogP contribution < -0.4 is 5.32 Å². The van der Waals surface area contributed by atoms with Gasteiger partial charge in [0.2, 0.25) is 5.95 Å². The van der Waals surface area contributed by atoms with Gasteiger partial charge >= 0.3 is 0 Å². The molecule has 3 heterocycles. The number of rotatable bonds is 2. The van der Waals surface area contributed by atoms with Crippen LogP contribution in [0.1, 0.15) is 29.0 Å². The fourth-order valence-electron chi connectivity index (χ4n) is 1.97. The predicted molar refractivity (Wildman–Crippen MR) is 59.6 cm³/mol. The van der Waals surface area contributed by atoms with Crippen molar-refractivity contribution in [3.63, 3.8) is 0 Å². The maximum atomic E-state index is 11.8. The Labute approximate surface area is 97.6 Å². The Morgan fingerprint density at radius 3 is 3.18 bits per heavy atom. The lowest BCUT2D eigenvalue weighted by molar-refractivity contribution is 0.102. The maximum absolute atomic E-state index is 11.8. The number of hydrogen-bond donors (Lipinski definition) is 1. The number of anilines is 1. The minimum absolute atomic E-state index is 0.223. The van der Waals surface area contributed by atoms with E-state index in [0.717, 1.165) is 31.6 Å². The molecule has 0 atom stereocenters. The monoisotopic (exact) mass is 232 g/mol. The summed E-state index contributed by atoms with van der Waals surface area (Å²) >= 11 is 0. The number of aryl methyl sites for hydroxylation is 1. The smallest absolute Gasteiger partial charge is 0.261 e. The topological polar surface area (TPSA) is 73.0 Å². The van der Waals surface area contributed by atoms with Crippen molar-refractivity contribution in [2.45, 2.75) is 25.8 Å². The fraction of sp³-hybridized carbons (Fsp3) is 0.364. The lowest BCUT2D eigenvalue weighted by Crippen LogP contribution is -2.18. The number of fused-ring (bicyclic) bond motifs is 1. The summed E-state index contributed by atoms with van der Waals surface area (Å²) in [5, 5.41) is 10.8. The number of nitrogens with one attached hydrogen (secondary N) is 1. The predicted octanol–water partition coefficient (Wildman–Crippen LogP) is 1.46. The SMILES string of the molecule is O=C(Nc1nnc2n1CCCC2)c1ccoc1. The molecule has 0 radical (unpaired) electrons. The van der Waals surface area contributed by atoms with Crippen molar-refractivity contribution in [2.75, 3.05) is 5.32 Å². The average Bonchev–Trinajstić information content (AvgIpc) is 2.98. The van der Waals surface area contributed by atoms with Crippen LogP contribution in [0.2, 0.25) is 0 Å². The van der Waals surface area contributed by atoms with Gasteiger partial charge in [-0.2, -0.15) is 0 Å². The van der Waals surface area contributed by atoms with Gasteiger partial charge in [0.05, 0.1) is 11.8 Å². The summed E-state index contributed by atoms with van der Waals surface area (Å²) < 4.78 is 6.82. The number of carbonyl (C=O) groups is 1. The molecule has 2 aromatic rings. The molecule has 0 aromatic carbocycles. The second-order valence-electron chi connectivity index (χ2n) is 4.01. The molecule has 1 N–H and O–H groups in total. The molecule has 1 aliphatic rings. The van der Waals surface area contributed by atoms with Crippen molar-refractivity contribution in [3.8, 4) is 0 Å². The van der Waals surface area contributed by atoms with Crippen molar-refractivity contribution in [3.05, 3.63) is 30.0 Å². The third kappa shape index (κ3) is 1.82. The van der Waals surface area contributed by atoms with Crippen LogP contribution in [0.25, 0.3) is 0 Å². The highest BCUT2D eigenvalue weighted by Crippen LogP contribution is 2.17. The Balaban J connectivity index is 1.81. The number of aromatic nitrogens is 3. The summed E-state index contributed by atoms with van der Waals surface area (Å²) in [6.07, 6.45) is 6.03. The summed E-state index contributed by atoms with van der Waals surface area (Å²) in [5.41, 5.74) is 0.484. The zero-order chi connectivity index (χ0) is 11.7. The third-order valence-corrected chi connectivity index (χ3v) is 2.87. The Bertz CT molecular complexity index is 530. The van der Waals surface area contributed by atoms with E-state index in [1.165, 1.54) is 12.5 Å². The van der Waals surface area contributed by atoms with Crippen molar-refractivity contribution in [1.82, 2.24) is 14.8 Å². The molecular weight excluding hydrogens is 220 g/mol. The molecule has 6 heteroatoms. The van der Waals surface area contributed by atoms with Gasteiger partial charge in [0.1, 0.15) is 12.1 Å². The van der Waals surface area contributed by atoms with E-state index in [9.17, 15) is 4.79 Å². The van der Waals surface area contributed by atoms with Crippen LogP contribution in [-0.4, -0.2) is 20.7 Å². The van der Waals surface area contributed by atoms with Gasteiger partial charge in [-0.15, -0.1) is 10.2 Å². The summed E-state index contributed by atoms with van der Waals surface area (Å²) in [6, 6.07) is 1.61. The standard InChI is InChI=1S/C11H12N4O2/c16-10(8-4-6-17-7-8)12-11-14-13-9-3-1-2-5-15(9)11/h4,6-7H,1-3,5H2,(H,12,14,16). The average molecular weight is 232 g/mol. The van der Waals surface area contributed by atoms with Gasteiger partial charge in [0, 0.05) is 13.0 Å². The van der Waals surface area contributed by atoms with E-state index in [1.54, 1.807) is 6.07 Å². The largest absolute Gasteiger partial charge is 0.472 e. The number of hydrogen-bond acceptors (Lipinski definition) is 4. The van der Waals surface area contributed by atoms with Gasteiger partial charge in [-0.05, 0) is 18.9 Å². The number of furan rings is 1. The van der Waals surface area contributed by atoms with Gasteiger partial charge in [-0.25, -0.2) is 0 Å². The molecule has 6 nitrogen and oxygen atoms in total. The Kier molecular flexibility index (Phi) is 2.40. The zero-order valence-corrected chi connectivity index (χ0v) is 9.22. The van der Waals surface area contributed by atoms with Crippen LogP contribution in [0.5, 0.6) is 0 Å². The highest BCUT2D eigenvalue weighted by atomic mass is 16.3. The van der Waals surface area contributed by atoms with E-state index in [-0.39, 0.29) is 5.91 Å². The van der Waals surface area contributed by atoms with Gasteiger partial charge in [-0.3, -0.25) is 14.7 Å². The molecule has 0 fully saturated rings. The minimum atomic E-state index is -0.223. The van der Waals surface area contributed by atoms with E-state index < -0.39 is 0 Å². The first-order valence-corrected chi connectivity index (χ1v) is 5.60. The number of nitrogens with zero attached hydrogens (tertiary/aromatic N) is 3. The second kappa shape index (κ2) is 4.04. The van der Waals surface area contributed by atoms with Gasteiger partial charge in [-0.1, -0.05) is 0 Å². The van der Waals surface area contributed by atoms with E-state index in [0.29, 0.717) is 11.5 Å². The molecule has 1 aliphatic heterocycles. The van der Waals surface area contributed by atoms with E-state index in [2.05, 4.69) is 15.5 Å². The lowest BCUT2D eigenvalue weighted by atomic mass is 10.2. The number of amides is 1. The molecule has 1 amide bonds. The molecule has 0 saturated carbocycles. The molecule has 0 aliphatic carbocycles. The van der Waals surface area contributed by atoms with E-state index >= 15 is 0 Å². The van der Waals surface area contributed by atoms with Crippen LogP contribution >= 0.6 is 0 Å². The van der Waals surface area contributed by atoms with Crippen molar-refractivity contribution >= 4 is 11.9 Å². The fourth-order valence-corrected chi connectivity index (χ4v) is 1.97. The third-order valence-electron chi connectivity index (χ3n) is 2.87. The summed E-state index contributed by atoms with van der Waals surface area (Å²) in [7, 11) is 0. The summed E-state index contributed by atoms with van der Waals surface area (Å²) in [4.78, 5) is 11.8. The summed E-state index contributed by atoms with van der Waals surface area (Å²) in [6.45, 7) is 0.864. The zero-order valence-electron chi connectivity index (χ0n) is 9.22. The molecule has 0 saturated heterocycles. The van der Waals surface area contributed by atoms with Crippen molar-refractivity contribution in [2.24, 2.45) is 0 Å². The van der Waals surface area contributed by atoms with E-state index in [4.69, 9.17) is 4.42 Å². The molecular formula is C11H12N4O2. The molecule has 17 heavy (non-hydrogen) atoms. The lowest BCUT2D eigenvalue weighted by Gasteiger charge is -2.14. The van der Waals surface area contributed by atoms with Crippen molar-refractivity contribution < 1.29 is 9.21 Å². The van der Waals surface area contributed by atoms with Crippen LogP contribution in [0.4, 0.5) is 5.95 Å². The summed E-state index contributed by atoms with van der Waals surface area (Å²) in [5.74, 6) is 1.24. The van der Waals surface area contributed by atoms with Crippen molar-refractivity contribution in [1.29, 1.82) is 0 Å². The van der Waals surface area contributed by atoms with E-state index in [1.807, 2.05) is 4.57 Å². The molecule has 3 rings (SSSR count). The maximum Gasteiger partial charge on any atom is 0.261 e. The van der Waals surface area contributed by atoms with Gasteiger partial charge < -0.3 is 4.42 Å². The highest BCUT2D eigenvalue weighted by Gasteiger charge is 2.18. The Morgan fingerprint density at radius 1 is 1.41 bits per heavy atom. The molecule has 0 spiro atoms. The Hall–Kier alpha value is -2.11. The quantitative estimate of drug-likeness (QED) is 0.850. The first-order chi connectivity index (χ1) is 8.34. The first kappa shape index (κ1) is 10.1. The highest BCUT2D eigenvalue weighted by molar-refractivity contribution is 6.03. The normalized spacial score (nSPS) is 14.4. The first-order valence-electron chi connectivity index (χ1n) is 5.60.